The standard InChI is InChI=1S/C19H8F6N4/c20-18(21,22)14-7-16(19(23,24)25)29-17-12(14)5-6-15(28-17)13(9-27)11-3-1-10(8-26)2-4-11/h1-7,13H. The van der Waals surface area contributed by atoms with Crippen LogP contribution in [0.4, 0.5) is 26.3 Å². The minimum atomic E-state index is -5.10. The van der Waals surface area contributed by atoms with Crippen LogP contribution in [0.5, 0.6) is 0 Å². The van der Waals surface area contributed by atoms with Crippen LogP contribution < -0.4 is 0 Å². The van der Waals surface area contributed by atoms with Crippen LogP contribution in [0.25, 0.3) is 11.0 Å². The van der Waals surface area contributed by atoms with Crippen LogP contribution >= 0.6 is 0 Å². The second-order valence-electron chi connectivity index (χ2n) is 5.95. The first-order valence-electron chi connectivity index (χ1n) is 7.90. The second-order valence-corrected chi connectivity index (χ2v) is 5.95. The Morgan fingerprint density at radius 3 is 2.00 bits per heavy atom. The van der Waals surface area contributed by atoms with Crippen LogP contribution in [0.3, 0.4) is 0 Å². The molecule has 3 rings (SSSR count). The van der Waals surface area contributed by atoms with E-state index in [2.05, 4.69) is 9.97 Å². The average molecular weight is 406 g/mol. The normalized spacial score (nSPS) is 13.0. The molecule has 1 unspecified atom stereocenters. The van der Waals surface area contributed by atoms with Crippen molar-refractivity contribution in [3.8, 4) is 12.1 Å². The van der Waals surface area contributed by atoms with E-state index in [0.717, 1.165) is 12.1 Å². The summed E-state index contributed by atoms with van der Waals surface area (Å²) < 4.78 is 78.8. The Balaban J connectivity index is 2.20. The third kappa shape index (κ3) is 3.97. The number of fused-ring (bicyclic) bond motifs is 1. The SMILES string of the molecule is N#Cc1ccc(C(C#N)c2ccc3c(C(F)(F)F)cc(C(F)(F)F)nc3n2)cc1. The quantitative estimate of drug-likeness (QED) is 0.549. The van der Waals surface area contributed by atoms with Crippen molar-refractivity contribution in [1.82, 2.24) is 9.97 Å². The average Bonchev–Trinajstić information content (AvgIpc) is 2.66. The zero-order chi connectivity index (χ0) is 21.4. The van der Waals surface area contributed by atoms with Crippen LogP contribution in [0, 0.1) is 22.7 Å². The van der Waals surface area contributed by atoms with Crippen molar-refractivity contribution in [2.45, 2.75) is 18.3 Å². The highest BCUT2D eigenvalue weighted by atomic mass is 19.4. The van der Waals surface area contributed by atoms with Gasteiger partial charge in [0.05, 0.1) is 29.0 Å². The Morgan fingerprint density at radius 1 is 0.828 bits per heavy atom. The molecule has 0 bridgehead atoms. The van der Waals surface area contributed by atoms with Crippen LogP contribution in [-0.2, 0) is 12.4 Å². The number of hydrogen-bond acceptors (Lipinski definition) is 4. The van der Waals surface area contributed by atoms with Crippen molar-refractivity contribution >= 4 is 11.0 Å². The molecule has 0 aliphatic carbocycles. The molecular formula is C19H8F6N4. The van der Waals surface area contributed by atoms with Gasteiger partial charge in [0.15, 0.2) is 5.65 Å². The van der Waals surface area contributed by atoms with Gasteiger partial charge >= 0.3 is 12.4 Å². The number of halogens is 6. The lowest BCUT2D eigenvalue weighted by atomic mass is 9.95. The first-order valence-corrected chi connectivity index (χ1v) is 7.90. The van der Waals surface area contributed by atoms with Gasteiger partial charge in [-0.05, 0) is 35.9 Å². The summed E-state index contributed by atoms with van der Waals surface area (Å²) in [7, 11) is 0. The summed E-state index contributed by atoms with van der Waals surface area (Å²) in [6.07, 6.45) is -10.2. The number of pyridine rings is 2. The fourth-order valence-electron chi connectivity index (χ4n) is 2.72. The number of aromatic nitrogens is 2. The number of hydrogen-bond donors (Lipinski definition) is 0. The molecule has 10 heteroatoms. The predicted octanol–water partition coefficient (Wildman–Crippen LogP) is 5.19. The summed E-state index contributed by atoms with van der Waals surface area (Å²) in [6.45, 7) is 0. The number of alkyl halides is 6. The van der Waals surface area contributed by atoms with Gasteiger partial charge in [-0.1, -0.05) is 12.1 Å². The summed E-state index contributed by atoms with van der Waals surface area (Å²) in [5.41, 5.74) is -3.37. The predicted molar refractivity (Wildman–Crippen MR) is 88.2 cm³/mol. The van der Waals surface area contributed by atoms with Gasteiger partial charge in [-0.3, -0.25) is 0 Å². The first kappa shape index (κ1) is 20.1. The minimum absolute atomic E-state index is 0.0634. The topological polar surface area (TPSA) is 73.4 Å². The molecule has 1 atom stereocenters. The molecule has 2 heterocycles. The van der Waals surface area contributed by atoms with E-state index in [1.165, 1.54) is 24.3 Å². The maximum Gasteiger partial charge on any atom is 0.433 e. The molecule has 0 radical (unpaired) electrons. The van der Waals surface area contributed by atoms with Gasteiger partial charge in [0.2, 0.25) is 0 Å². The van der Waals surface area contributed by atoms with Crippen molar-refractivity contribution in [3.05, 3.63) is 70.5 Å². The summed E-state index contributed by atoms with van der Waals surface area (Å²) in [5.74, 6) is -1.07. The molecule has 0 fully saturated rings. The van der Waals surface area contributed by atoms with Crippen molar-refractivity contribution in [2.75, 3.05) is 0 Å². The highest BCUT2D eigenvalue weighted by molar-refractivity contribution is 5.80. The molecule has 3 aromatic rings. The molecule has 0 amide bonds. The molecule has 0 N–H and O–H groups in total. The van der Waals surface area contributed by atoms with Crippen molar-refractivity contribution < 1.29 is 26.3 Å². The Hall–Kier alpha value is -3.66. The van der Waals surface area contributed by atoms with Gasteiger partial charge in [-0.2, -0.15) is 36.9 Å². The van der Waals surface area contributed by atoms with Gasteiger partial charge in [-0.15, -0.1) is 0 Å². The molecule has 0 saturated carbocycles. The van der Waals surface area contributed by atoms with E-state index in [1.54, 1.807) is 0 Å². The number of benzene rings is 1. The smallest absolute Gasteiger partial charge is 0.231 e. The van der Waals surface area contributed by atoms with E-state index in [1.807, 2.05) is 12.1 Å². The van der Waals surface area contributed by atoms with E-state index in [4.69, 9.17) is 5.26 Å². The molecule has 4 nitrogen and oxygen atoms in total. The minimum Gasteiger partial charge on any atom is -0.231 e. The monoisotopic (exact) mass is 406 g/mol. The van der Waals surface area contributed by atoms with Crippen LogP contribution in [0.1, 0.15) is 34.0 Å². The van der Waals surface area contributed by atoms with Crippen molar-refractivity contribution in [2.24, 2.45) is 0 Å². The van der Waals surface area contributed by atoms with E-state index in [-0.39, 0.29) is 11.8 Å². The molecule has 29 heavy (non-hydrogen) atoms. The fraction of sp³-hybridized carbons (Fsp3) is 0.158. The largest absolute Gasteiger partial charge is 0.433 e. The number of nitrogens with zero attached hydrogens (tertiary/aromatic N) is 4. The Kier molecular flexibility index (Phi) is 4.89. The van der Waals surface area contributed by atoms with E-state index < -0.39 is 40.6 Å². The third-order valence-corrected chi connectivity index (χ3v) is 4.09. The van der Waals surface area contributed by atoms with Crippen molar-refractivity contribution in [1.29, 1.82) is 10.5 Å². The summed E-state index contributed by atoms with van der Waals surface area (Å²) in [4.78, 5) is 7.05. The lowest BCUT2D eigenvalue weighted by Crippen LogP contribution is -2.14. The Morgan fingerprint density at radius 2 is 1.48 bits per heavy atom. The lowest BCUT2D eigenvalue weighted by Gasteiger charge is -2.15. The van der Waals surface area contributed by atoms with Crippen molar-refractivity contribution in [3.63, 3.8) is 0 Å². The van der Waals surface area contributed by atoms with E-state index in [9.17, 15) is 31.6 Å². The summed E-state index contributed by atoms with van der Waals surface area (Å²) in [5, 5.41) is 17.7. The first-order chi connectivity index (χ1) is 13.5. The fourth-order valence-corrected chi connectivity index (χ4v) is 2.72. The highest BCUT2D eigenvalue weighted by Crippen LogP contribution is 2.38. The molecule has 0 aliphatic heterocycles. The summed E-state index contributed by atoms with van der Waals surface area (Å²) in [6, 6.07) is 11.6. The maximum atomic E-state index is 13.2. The molecular weight excluding hydrogens is 398 g/mol. The second kappa shape index (κ2) is 7.06. The van der Waals surface area contributed by atoms with Gasteiger partial charge in [0, 0.05) is 5.39 Å². The zero-order valence-corrected chi connectivity index (χ0v) is 14.2. The molecule has 0 spiro atoms. The van der Waals surface area contributed by atoms with Gasteiger partial charge in [0.25, 0.3) is 0 Å². The van der Waals surface area contributed by atoms with Gasteiger partial charge in [0.1, 0.15) is 11.6 Å². The van der Waals surface area contributed by atoms with Gasteiger partial charge in [-0.25, -0.2) is 9.97 Å². The maximum absolute atomic E-state index is 13.2. The van der Waals surface area contributed by atoms with Crippen LogP contribution in [-0.4, -0.2) is 9.97 Å². The molecule has 146 valence electrons. The Labute approximate surface area is 159 Å². The highest BCUT2D eigenvalue weighted by Gasteiger charge is 2.39. The molecule has 0 aliphatic rings. The van der Waals surface area contributed by atoms with Crippen LogP contribution in [0.2, 0.25) is 0 Å². The third-order valence-electron chi connectivity index (χ3n) is 4.09. The van der Waals surface area contributed by atoms with Crippen LogP contribution in [0.15, 0.2) is 42.5 Å². The number of nitriles is 2. The van der Waals surface area contributed by atoms with E-state index in [0.29, 0.717) is 11.1 Å². The molecule has 0 saturated heterocycles. The Bertz CT molecular complexity index is 1150. The van der Waals surface area contributed by atoms with E-state index >= 15 is 0 Å². The lowest BCUT2D eigenvalue weighted by molar-refractivity contribution is -0.144. The number of rotatable bonds is 2. The van der Waals surface area contributed by atoms with Gasteiger partial charge < -0.3 is 0 Å². The zero-order valence-electron chi connectivity index (χ0n) is 14.2. The summed E-state index contributed by atoms with van der Waals surface area (Å²) >= 11 is 0. The molecule has 1 aromatic carbocycles. The molecule has 2 aromatic heterocycles.